The van der Waals surface area contributed by atoms with Crippen molar-refractivity contribution in [1.82, 2.24) is 14.9 Å². The highest BCUT2D eigenvalue weighted by Crippen LogP contribution is 2.19. The third-order valence-electron chi connectivity index (χ3n) is 3.50. The van der Waals surface area contributed by atoms with Crippen LogP contribution in [0.5, 0.6) is 0 Å². The number of furan rings is 1. The average molecular weight is 355 g/mol. The van der Waals surface area contributed by atoms with Crippen LogP contribution in [0.4, 0.5) is 0 Å². The highest BCUT2D eigenvalue weighted by Gasteiger charge is 2.14. The molecule has 0 radical (unpaired) electrons. The van der Waals surface area contributed by atoms with E-state index in [1.807, 2.05) is 6.07 Å². The molecule has 6 nitrogen and oxygen atoms in total. The van der Waals surface area contributed by atoms with Crippen molar-refractivity contribution in [1.29, 1.82) is 0 Å². The van der Waals surface area contributed by atoms with Crippen molar-refractivity contribution in [3.63, 3.8) is 0 Å². The number of carbonyl (C=O) groups is 1. The fraction of sp³-hybridized carbons (Fsp3) is 0.167. The van der Waals surface area contributed by atoms with Crippen LogP contribution in [0.1, 0.15) is 5.76 Å². The first kappa shape index (κ1) is 17.0. The molecule has 1 N–H and O–H groups in total. The number of benzene rings is 1. The van der Waals surface area contributed by atoms with Gasteiger partial charge in [-0.15, -0.1) is 6.58 Å². The molecule has 0 saturated carbocycles. The minimum Gasteiger partial charge on any atom is -0.467 e. The van der Waals surface area contributed by atoms with E-state index in [1.54, 1.807) is 42.7 Å². The number of thioether (sulfide) groups is 1. The molecule has 0 saturated heterocycles. The highest BCUT2D eigenvalue weighted by atomic mass is 32.2. The van der Waals surface area contributed by atoms with Crippen LogP contribution >= 0.6 is 11.8 Å². The smallest absolute Gasteiger partial charge is 0.262 e. The standard InChI is InChI=1S/C18H17N3O3S/c1-2-9-19-16(22)12-25-18-20-15-8-4-3-7-14(15)17(23)21(18)11-13-6-5-10-24-13/h2-8,10H,1,9,11-12H2,(H,19,22). The predicted molar refractivity (Wildman–Crippen MR) is 97.7 cm³/mol. The highest BCUT2D eigenvalue weighted by molar-refractivity contribution is 7.99. The van der Waals surface area contributed by atoms with Crippen molar-refractivity contribution in [2.75, 3.05) is 12.3 Å². The number of hydrogen-bond donors (Lipinski definition) is 1. The zero-order valence-corrected chi connectivity index (χ0v) is 14.3. The SMILES string of the molecule is C=CCNC(=O)CSc1nc2ccccc2c(=O)n1Cc1ccco1. The van der Waals surface area contributed by atoms with Crippen LogP contribution in [0.15, 0.2) is 69.7 Å². The van der Waals surface area contributed by atoms with Gasteiger partial charge in [-0.25, -0.2) is 4.98 Å². The van der Waals surface area contributed by atoms with Gasteiger partial charge in [-0.1, -0.05) is 30.0 Å². The lowest BCUT2D eigenvalue weighted by molar-refractivity contribution is -0.118. The van der Waals surface area contributed by atoms with E-state index in [4.69, 9.17) is 4.42 Å². The molecule has 7 heteroatoms. The Kier molecular flexibility index (Phi) is 5.35. The van der Waals surface area contributed by atoms with Crippen molar-refractivity contribution in [3.8, 4) is 0 Å². The Morgan fingerprint density at radius 1 is 1.32 bits per heavy atom. The lowest BCUT2D eigenvalue weighted by atomic mass is 10.2. The summed E-state index contributed by atoms with van der Waals surface area (Å²) in [6.07, 6.45) is 3.17. The van der Waals surface area contributed by atoms with Crippen molar-refractivity contribution in [3.05, 3.63) is 71.4 Å². The van der Waals surface area contributed by atoms with Gasteiger partial charge in [0.25, 0.3) is 5.56 Å². The van der Waals surface area contributed by atoms with Gasteiger partial charge in [0, 0.05) is 6.54 Å². The van der Waals surface area contributed by atoms with Crippen molar-refractivity contribution >= 4 is 28.6 Å². The van der Waals surface area contributed by atoms with Crippen LogP contribution in [0, 0.1) is 0 Å². The fourth-order valence-corrected chi connectivity index (χ4v) is 3.15. The number of carbonyl (C=O) groups excluding carboxylic acids is 1. The summed E-state index contributed by atoms with van der Waals surface area (Å²) in [4.78, 5) is 29.2. The second-order valence-corrected chi connectivity index (χ2v) is 6.21. The summed E-state index contributed by atoms with van der Waals surface area (Å²) in [5, 5.41) is 3.72. The van der Waals surface area contributed by atoms with E-state index in [9.17, 15) is 9.59 Å². The minimum absolute atomic E-state index is 0.142. The topological polar surface area (TPSA) is 77.1 Å². The summed E-state index contributed by atoms with van der Waals surface area (Å²) < 4.78 is 6.89. The molecule has 2 heterocycles. The molecule has 3 rings (SSSR count). The van der Waals surface area contributed by atoms with E-state index in [-0.39, 0.29) is 23.8 Å². The number of para-hydroxylation sites is 1. The monoisotopic (exact) mass is 355 g/mol. The van der Waals surface area contributed by atoms with Crippen molar-refractivity contribution in [2.45, 2.75) is 11.7 Å². The van der Waals surface area contributed by atoms with Crippen LogP contribution in [0.2, 0.25) is 0 Å². The molecule has 3 aromatic rings. The number of fused-ring (bicyclic) bond motifs is 1. The fourth-order valence-electron chi connectivity index (χ4n) is 2.32. The Balaban J connectivity index is 1.95. The van der Waals surface area contributed by atoms with Crippen LogP contribution in [0.3, 0.4) is 0 Å². The van der Waals surface area contributed by atoms with Gasteiger partial charge in [-0.05, 0) is 24.3 Å². The summed E-state index contributed by atoms with van der Waals surface area (Å²) in [6.45, 7) is 4.23. The van der Waals surface area contributed by atoms with Crippen LogP contribution in [-0.4, -0.2) is 27.8 Å². The van der Waals surface area contributed by atoms with Crippen molar-refractivity contribution in [2.24, 2.45) is 0 Å². The number of nitrogens with zero attached hydrogens (tertiary/aromatic N) is 2. The molecule has 0 unspecified atom stereocenters. The first-order valence-corrected chi connectivity index (χ1v) is 8.70. The third-order valence-corrected chi connectivity index (χ3v) is 4.47. The molecular weight excluding hydrogens is 338 g/mol. The molecule has 0 atom stereocenters. The number of amides is 1. The van der Waals surface area contributed by atoms with Gasteiger partial charge in [-0.3, -0.25) is 14.2 Å². The normalized spacial score (nSPS) is 10.7. The summed E-state index contributed by atoms with van der Waals surface area (Å²) >= 11 is 1.22. The number of rotatable bonds is 7. The second-order valence-electron chi connectivity index (χ2n) is 5.26. The third kappa shape index (κ3) is 4.00. The maximum atomic E-state index is 12.8. The minimum atomic E-state index is -0.156. The second kappa shape index (κ2) is 7.85. The molecule has 0 spiro atoms. The summed E-state index contributed by atoms with van der Waals surface area (Å²) in [6, 6.07) is 10.7. The van der Waals surface area contributed by atoms with Gasteiger partial charge < -0.3 is 9.73 Å². The number of aromatic nitrogens is 2. The van der Waals surface area contributed by atoms with E-state index >= 15 is 0 Å². The number of nitrogens with one attached hydrogen (secondary N) is 1. The Morgan fingerprint density at radius 2 is 2.16 bits per heavy atom. The van der Waals surface area contributed by atoms with E-state index in [0.717, 1.165) is 0 Å². The quantitative estimate of drug-likeness (QED) is 0.400. The Hall–Kier alpha value is -2.80. The van der Waals surface area contributed by atoms with E-state index < -0.39 is 0 Å². The summed E-state index contributed by atoms with van der Waals surface area (Å²) in [5.74, 6) is 0.672. The van der Waals surface area contributed by atoms with E-state index in [1.165, 1.54) is 16.3 Å². The molecule has 0 fully saturated rings. The molecular formula is C18H17N3O3S. The Morgan fingerprint density at radius 3 is 2.92 bits per heavy atom. The van der Waals surface area contributed by atoms with E-state index in [2.05, 4.69) is 16.9 Å². The molecule has 0 aliphatic rings. The maximum absolute atomic E-state index is 12.8. The van der Waals surface area contributed by atoms with Crippen LogP contribution in [0.25, 0.3) is 10.9 Å². The molecule has 0 aliphatic heterocycles. The summed E-state index contributed by atoms with van der Waals surface area (Å²) in [5.41, 5.74) is 0.452. The molecule has 128 valence electrons. The first-order valence-electron chi connectivity index (χ1n) is 7.71. The molecule has 1 aromatic carbocycles. The van der Waals surface area contributed by atoms with Gasteiger partial charge in [0.15, 0.2) is 5.16 Å². The molecule has 25 heavy (non-hydrogen) atoms. The van der Waals surface area contributed by atoms with Gasteiger partial charge in [0.1, 0.15) is 5.76 Å². The zero-order valence-electron chi connectivity index (χ0n) is 13.5. The zero-order chi connectivity index (χ0) is 17.6. The lowest BCUT2D eigenvalue weighted by Crippen LogP contribution is -2.27. The molecule has 1 amide bonds. The van der Waals surface area contributed by atoms with Crippen LogP contribution in [-0.2, 0) is 11.3 Å². The predicted octanol–water partition coefficient (Wildman–Crippen LogP) is 2.43. The van der Waals surface area contributed by atoms with Gasteiger partial charge in [-0.2, -0.15) is 0 Å². The largest absolute Gasteiger partial charge is 0.467 e. The summed E-state index contributed by atoms with van der Waals surface area (Å²) in [7, 11) is 0. The maximum Gasteiger partial charge on any atom is 0.262 e. The Labute approximate surface area is 148 Å². The molecule has 0 aliphatic carbocycles. The molecule has 2 aromatic heterocycles. The van der Waals surface area contributed by atoms with Crippen molar-refractivity contribution < 1.29 is 9.21 Å². The molecule has 0 bridgehead atoms. The average Bonchev–Trinajstić information content (AvgIpc) is 3.14. The van der Waals surface area contributed by atoms with E-state index in [0.29, 0.717) is 28.4 Å². The van der Waals surface area contributed by atoms with Gasteiger partial charge >= 0.3 is 0 Å². The Bertz CT molecular complexity index is 948. The lowest BCUT2D eigenvalue weighted by Gasteiger charge is -2.12. The first-order chi connectivity index (χ1) is 12.2. The van der Waals surface area contributed by atoms with Gasteiger partial charge in [0.05, 0.1) is 29.5 Å². The van der Waals surface area contributed by atoms with Crippen LogP contribution < -0.4 is 10.9 Å². The number of hydrogen-bond acceptors (Lipinski definition) is 5. The van der Waals surface area contributed by atoms with Gasteiger partial charge in [0.2, 0.25) is 5.91 Å².